The van der Waals surface area contributed by atoms with Crippen molar-refractivity contribution in [2.45, 2.75) is 32.7 Å². The van der Waals surface area contributed by atoms with E-state index in [1.807, 2.05) is 4.90 Å². The van der Waals surface area contributed by atoms with Gasteiger partial charge in [0.15, 0.2) is 11.4 Å². The molecule has 2 atom stereocenters. The molecular weight excluding hydrogens is 469 g/mol. The van der Waals surface area contributed by atoms with Crippen molar-refractivity contribution in [1.82, 2.24) is 19.9 Å². The van der Waals surface area contributed by atoms with Crippen LogP contribution in [-0.4, -0.2) is 44.9 Å². The number of aromatic nitrogens is 3. The van der Waals surface area contributed by atoms with Gasteiger partial charge in [0.1, 0.15) is 11.3 Å². The number of anilines is 1. The van der Waals surface area contributed by atoms with Crippen molar-refractivity contribution in [1.29, 1.82) is 0 Å². The minimum atomic E-state index is -0.428. The van der Waals surface area contributed by atoms with Gasteiger partial charge in [-0.15, -0.1) is 0 Å². The fourth-order valence-corrected chi connectivity index (χ4v) is 4.93. The van der Waals surface area contributed by atoms with Crippen molar-refractivity contribution in [2.75, 3.05) is 18.4 Å². The molecule has 0 aliphatic carbocycles. The van der Waals surface area contributed by atoms with Crippen LogP contribution in [0.4, 0.5) is 10.4 Å². The topological polar surface area (TPSA) is 84.2 Å². The molecule has 9 heteroatoms. The molecule has 1 saturated heterocycles. The Bertz CT molecular complexity index is 1380. The summed E-state index contributed by atoms with van der Waals surface area (Å²) in [4.78, 5) is 28.8. The van der Waals surface area contributed by atoms with Gasteiger partial charge in [0.25, 0.3) is 11.9 Å². The van der Waals surface area contributed by atoms with Gasteiger partial charge in [0.05, 0.1) is 11.6 Å². The second-order valence-corrected chi connectivity index (χ2v) is 9.35. The molecule has 0 unspecified atom stereocenters. The maximum Gasteiger partial charge on any atom is 0.295 e. The lowest BCUT2D eigenvalue weighted by Gasteiger charge is -2.40. The molecule has 1 aliphatic heterocycles. The van der Waals surface area contributed by atoms with Crippen molar-refractivity contribution in [3.63, 3.8) is 0 Å². The van der Waals surface area contributed by atoms with E-state index in [1.54, 1.807) is 43.6 Å². The number of likely N-dealkylation sites (tertiary alicyclic amines) is 1. The lowest BCUT2D eigenvalue weighted by Crippen LogP contribution is -2.51. The van der Waals surface area contributed by atoms with E-state index in [-0.39, 0.29) is 17.9 Å². The number of nitrogens with zero attached hydrogens (tertiary/aromatic N) is 4. The predicted octanol–water partition coefficient (Wildman–Crippen LogP) is 5.74. The fourth-order valence-electron chi connectivity index (χ4n) is 4.77. The minimum absolute atomic E-state index is 0.108. The Morgan fingerprint density at radius 2 is 2.06 bits per heavy atom. The number of fused-ring (bicyclic) bond motifs is 1. The number of carbonyl (C=O) groups is 1. The summed E-state index contributed by atoms with van der Waals surface area (Å²) in [6.45, 7) is 4.94. The van der Waals surface area contributed by atoms with E-state index in [4.69, 9.17) is 16.0 Å². The van der Waals surface area contributed by atoms with E-state index in [2.05, 4.69) is 27.2 Å². The summed E-state index contributed by atoms with van der Waals surface area (Å²) in [7, 11) is 0. The number of hydrogen-bond acceptors (Lipinski definition) is 6. The number of halogens is 2. The Kier molecular flexibility index (Phi) is 6.38. The molecule has 2 aromatic heterocycles. The van der Waals surface area contributed by atoms with E-state index in [0.29, 0.717) is 57.7 Å². The van der Waals surface area contributed by atoms with Gasteiger partial charge in [-0.3, -0.25) is 4.79 Å². The minimum Gasteiger partial charge on any atom is -0.424 e. The van der Waals surface area contributed by atoms with Crippen LogP contribution in [-0.2, 0) is 0 Å². The lowest BCUT2D eigenvalue weighted by molar-refractivity contribution is 0.0539. The molecule has 35 heavy (non-hydrogen) atoms. The summed E-state index contributed by atoms with van der Waals surface area (Å²) in [6.07, 6.45) is 5.05. The molecule has 7 nitrogen and oxygen atoms in total. The molecule has 0 saturated carbocycles. The van der Waals surface area contributed by atoms with Gasteiger partial charge in [0, 0.05) is 36.1 Å². The van der Waals surface area contributed by atoms with E-state index >= 15 is 0 Å². The molecule has 180 valence electrons. The monoisotopic (exact) mass is 493 g/mol. The third-order valence-corrected chi connectivity index (χ3v) is 6.74. The van der Waals surface area contributed by atoms with Gasteiger partial charge in [-0.2, -0.15) is 4.98 Å². The van der Waals surface area contributed by atoms with Crippen LogP contribution in [0.25, 0.3) is 22.5 Å². The first-order valence-corrected chi connectivity index (χ1v) is 12.0. The molecule has 4 aromatic rings. The zero-order chi connectivity index (χ0) is 24.5. The Balaban J connectivity index is 1.44. The SMILES string of the molecule is Cc1cc(F)cc(-c2ncccn2)c1C(=O)N1CCC[C@@H](C)[C@H]1CNc1nc2cc(Cl)ccc2o1. The number of hydrogen-bond donors (Lipinski definition) is 1. The Morgan fingerprint density at radius 1 is 1.26 bits per heavy atom. The van der Waals surface area contributed by atoms with Crippen LogP contribution in [0.2, 0.25) is 5.02 Å². The number of rotatable bonds is 5. The molecule has 0 bridgehead atoms. The highest BCUT2D eigenvalue weighted by molar-refractivity contribution is 6.31. The number of aryl methyl sites for hydroxylation is 1. The molecule has 0 spiro atoms. The summed E-state index contributed by atoms with van der Waals surface area (Å²) >= 11 is 6.06. The number of oxazole rings is 1. The van der Waals surface area contributed by atoms with Crippen molar-refractivity contribution in [3.8, 4) is 11.4 Å². The van der Waals surface area contributed by atoms with Gasteiger partial charge in [-0.1, -0.05) is 18.5 Å². The summed E-state index contributed by atoms with van der Waals surface area (Å²) in [5.74, 6) is -0.0185. The first-order chi connectivity index (χ1) is 16.9. The van der Waals surface area contributed by atoms with Crippen molar-refractivity contribution < 1.29 is 13.6 Å². The van der Waals surface area contributed by atoms with Gasteiger partial charge >= 0.3 is 0 Å². The number of carbonyl (C=O) groups excluding carboxylic acids is 1. The first-order valence-electron chi connectivity index (χ1n) is 11.6. The highest BCUT2D eigenvalue weighted by Gasteiger charge is 2.34. The van der Waals surface area contributed by atoms with E-state index < -0.39 is 5.82 Å². The van der Waals surface area contributed by atoms with Crippen molar-refractivity contribution in [2.24, 2.45) is 5.92 Å². The Hall–Kier alpha value is -3.52. The quantitative estimate of drug-likeness (QED) is 0.381. The van der Waals surface area contributed by atoms with Gasteiger partial charge in [0.2, 0.25) is 0 Å². The van der Waals surface area contributed by atoms with E-state index in [9.17, 15) is 9.18 Å². The second-order valence-electron chi connectivity index (χ2n) is 8.92. The van der Waals surface area contributed by atoms with Crippen LogP contribution in [0.3, 0.4) is 0 Å². The maximum absolute atomic E-state index is 14.3. The van der Waals surface area contributed by atoms with Crippen LogP contribution in [0.15, 0.2) is 53.2 Å². The molecule has 0 radical (unpaired) electrons. The molecular formula is C26H25ClFN5O2. The number of amides is 1. The van der Waals surface area contributed by atoms with Crippen LogP contribution in [0, 0.1) is 18.7 Å². The Morgan fingerprint density at radius 3 is 2.86 bits per heavy atom. The summed E-state index contributed by atoms with van der Waals surface area (Å²) in [5.41, 5.74) is 2.68. The largest absolute Gasteiger partial charge is 0.424 e. The van der Waals surface area contributed by atoms with Crippen molar-refractivity contribution in [3.05, 3.63) is 70.8 Å². The molecule has 1 amide bonds. The zero-order valence-corrected chi connectivity index (χ0v) is 20.2. The molecule has 2 aromatic carbocycles. The smallest absolute Gasteiger partial charge is 0.295 e. The third-order valence-electron chi connectivity index (χ3n) is 6.51. The fraction of sp³-hybridized carbons (Fsp3) is 0.308. The number of nitrogens with one attached hydrogen (secondary N) is 1. The predicted molar refractivity (Wildman–Crippen MR) is 133 cm³/mol. The van der Waals surface area contributed by atoms with Crippen LogP contribution in [0.1, 0.15) is 35.7 Å². The third kappa shape index (κ3) is 4.71. The highest BCUT2D eigenvalue weighted by atomic mass is 35.5. The van der Waals surface area contributed by atoms with E-state index in [0.717, 1.165) is 12.8 Å². The molecule has 3 heterocycles. The zero-order valence-electron chi connectivity index (χ0n) is 19.5. The number of benzene rings is 2. The summed E-state index contributed by atoms with van der Waals surface area (Å²) in [6, 6.07) is 9.94. The van der Waals surface area contributed by atoms with E-state index in [1.165, 1.54) is 12.1 Å². The van der Waals surface area contributed by atoms with Crippen LogP contribution >= 0.6 is 11.6 Å². The van der Waals surface area contributed by atoms with Gasteiger partial charge in [-0.05, 0) is 67.6 Å². The number of piperidine rings is 1. The molecule has 5 rings (SSSR count). The average molecular weight is 494 g/mol. The summed E-state index contributed by atoms with van der Waals surface area (Å²) in [5, 5.41) is 3.85. The molecule has 1 fully saturated rings. The summed E-state index contributed by atoms with van der Waals surface area (Å²) < 4.78 is 20.1. The normalized spacial score (nSPS) is 18.1. The lowest BCUT2D eigenvalue weighted by atomic mass is 9.89. The molecule has 1 N–H and O–H groups in total. The maximum atomic E-state index is 14.3. The second kappa shape index (κ2) is 9.62. The van der Waals surface area contributed by atoms with Gasteiger partial charge in [-0.25, -0.2) is 14.4 Å². The average Bonchev–Trinajstić information content (AvgIpc) is 3.25. The van der Waals surface area contributed by atoms with Crippen molar-refractivity contribution >= 4 is 34.6 Å². The standard InChI is InChI=1S/C26H25ClFN5O2/c1-15-5-3-10-33(21(15)14-31-26-32-20-12-17(27)6-7-22(20)35-26)25(34)23-16(2)11-18(28)13-19(23)24-29-8-4-9-30-24/h4,6-9,11-13,15,21H,3,5,10,14H2,1-2H3,(H,31,32)/t15-,21-/m1/s1. The molecule has 1 aliphatic rings. The van der Waals surface area contributed by atoms with Crippen LogP contribution < -0.4 is 5.32 Å². The van der Waals surface area contributed by atoms with Gasteiger partial charge < -0.3 is 14.6 Å². The highest BCUT2D eigenvalue weighted by Crippen LogP contribution is 2.31. The first kappa shape index (κ1) is 23.2. The van der Waals surface area contributed by atoms with Crippen LogP contribution in [0.5, 0.6) is 0 Å². The Labute approximate surface area is 207 Å².